The van der Waals surface area contributed by atoms with Crippen molar-refractivity contribution in [2.45, 2.75) is 25.9 Å². The zero-order chi connectivity index (χ0) is 18.6. The van der Waals surface area contributed by atoms with Crippen molar-refractivity contribution in [1.29, 1.82) is 0 Å². The number of carboxylic acids is 2. The van der Waals surface area contributed by atoms with Crippen molar-refractivity contribution >= 4 is 17.9 Å². The second-order valence-electron chi connectivity index (χ2n) is 6.03. The molecule has 130 valence electrons. The van der Waals surface area contributed by atoms with Gasteiger partial charge in [-0.1, -0.05) is 42.5 Å². The predicted molar refractivity (Wildman–Crippen MR) is 89.6 cm³/mol. The molecule has 0 aliphatic rings. The summed E-state index contributed by atoms with van der Waals surface area (Å²) in [7, 11) is 0. The molecule has 2 aromatic rings. The molecule has 0 aromatic heterocycles. The Hall–Kier alpha value is -3.15. The monoisotopic (exact) mass is 342 g/mol. The van der Waals surface area contributed by atoms with Crippen LogP contribution in [-0.2, 0) is 21.6 Å². The van der Waals surface area contributed by atoms with Gasteiger partial charge in [0.15, 0.2) is 0 Å². The number of hydrogen-bond donors (Lipinski definition) is 2. The molecule has 6 nitrogen and oxygen atoms in total. The van der Waals surface area contributed by atoms with Gasteiger partial charge in [0, 0.05) is 0 Å². The van der Waals surface area contributed by atoms with Crippen LogP contribution in [-0.4, -0.2) is 28.1 Å². The maximum atomic E-state index is 12.4. The van der Waals surface area contributed by atoms with Crippen LogP contribution in [0.1, 0.15) is 45.7 Å². The van der Waals surface area contributed by atoms with Crippen LogP contribution in [0.3, 0.4) is 0 Å². The molecular formula is C19H18O6. The third kappa shape index (κ3) is 3.85. The topological polar surface area (TPSA) is 101 Å². The molecule has 2 rings (SSSR count). The average molecular weight is 342 g/mol. The van der Waals surface area contributed by atoms with Crippen molar-refractivity contribution in [3.63, 3.8) is 0 Å². The van der Waals surface area contributed by atoms with Gasteiger partial charge in [-0.15, -0.1) is 0 Å². The van der Waals surface area contributed by atoms with Gasteiger partial charge in [-0.3, -0.25) is 4.79 Å². The fourth-order valence-corrected chi connectivity index (χ4v) is 2.39. The Morgan fingerprint density at radius 2 is 1.60 bits per heavy atom. The first-order valence-corrected chi connectivity index (χ1v) is 7.56. The predicted octanol–water partition coefficient (Wildman–Crippen LogP) is 3.10. The number of aliphatic carboxylic acids is 1. The molecule has 0 saturated heterocycles. The molecule has 0 amide bonds. The van der Waals surface area contributed by atoms with E-state index in [0.717, 1.165) is 5.56 Å². The summed E-state index contributed by atoms with van der Waals surface area (Å²) in [6.07, 6.45) is 0. The van der Waals surface area contributed by atoms with E-state index in [1.807, 2.05) is 6.07 Å². The maximum Gasteiger partial charge on any atom is 0.339 e. The lowest BCUT2D eigenvalue weighted by molar-refractivity contribution is -0.142. The van der Waals surface area contributed by atoms with Crippen LogP contribution in [0.4, 0.5) is 0 Å². The van der Waals surface area contributed by atoms with Crippen LogP contribution < -0.4 is 0 Å². The van der Waals surface area contributed by atoms with Crippen molar-refractivity contribution in [3.05, 3.63) is 70.8 Å². The standard InChI is InChI=1S/C19H18O6/c1-19(2,18(23)24)14-10-6-9-13(15(14)16(20)21)17(22)25-11-12-7-4-3-5-8-12/h3-10H,11H2,1-2H3,(H,20,21)(H,23,24). The van der Waals surface area contributed by atoms with Crippen molar-refractivity contribution < 1.29 is 29.3 Å². The Bertz CT molecular complexity index is 808. The number of rotatable bonds is 6. The third-order valence-corrected chi connectivity index (χ3v) is 3.92. The highest BCUT2D eigenvalue weighted by molar-refractivity contribution is 6.04. The molecule has 2 aromatic carbocycles. The van der Waals surface area contributed by atoms with Gasteiger partial charge in [-0.25, -0.2) is 9.59 Å². The molecule has 0 aliphatic heterocycles. The van der Waals surface area contributed by atoms with Crippen LogP contribution in [0.25, 0.3) is 0 Å². The molecule has 0 bridgehead atoms. The highest BCUT2D eigenvalue weighted by atomic mass is 16.5. The zero-order valence-corrected chi connectivity index (χ0v) is 13.9. The van der Waals surface area contributed by atoms with E-state index >= 15 is 0 Å². The average Bonchev–Trinajstić information content (AvgIpc) is 2.59. The smallest absolute Gasteiger partial charge is 0.339 e. The highest BCUT2D eigenvalue weighted by Gasteiger charge is 2.35. The lowest BCUT2D eigenvalue weighted by Gasteiger charge is -2.23. The number of carboxylic acid groups (broad SMARTS) is 2. The minimum absolute atomic E-state index is 0.00865. The Morgan fingerprint density at radius 3 is 2.16 bits per heavy atom. The zero-order valence-electron chi connectivity index (χ0n) is 13.9. The van der Waals surface area contributed by atoms with E-state index in [2.05, 4.69) is 0 Å². The van der Waals surface area contributed by atoms with Gasteiger partial charge in [0.2, 0.25) is 0 Å². The van der Waals surface area contributed by atoms with E-state index in [-0.39, 0.29) is 23.3 Å². The summed E-state index contributed by atoms with van der Waals surface area (Å²) >= 11 is 0. The Balaban J connectivity index is 2.39. The van der Waals surface area contributed by atoms with Gasteiger partial charge in [0.1, 0.15) is 6.61 Å². The number of hydrogen-bond acceptors (Lipinski definition) is 4. The molecule has 2 N–H and O–H groups in total. The molecule has 0 atom stereocenters. The lowest BCUT2D eigenvalue weighted by atomic mass is 9.80. The summed E-state index contributed by atoms with van der Waals surface area (Å²) < 4.78 is 5.18. The normalized spacial score (nSPS) is 11.0. The summed E-state index contributed by atoms with van der Waals surface area (Å²) in [5.74, 6) is -3.38. The molecule has 0 fully saturated rings. The molecule has 6 heteroatoms. The Kier molecular flexibility index (Phi) is 5.22. The maximum absolute atomic E-state index is 12.4. The van der Waals surface area contributed by atoms with Gasteiger partial charge < -0.3 is 14.9 Å². The summed E-state index contributed by atoms with van der Waals surface area (Å²) in [5.41, 5.74) is -1.19. The number of esters is 1. The summed E-state index contributed by atoms with van der Waals surface area (Å²) in [6.45, 7) is 2.76. The van der Waals surface area contributed by atoms with Crippen molar-refractivity contribution in [3.8, 4) is 0 Å². The van der Waals surface area contributed by atoms with Gasteiger partial charge >= 0.3 is 17.9 Å². The second kappa shape index (κ2) is 7.17. The number of benzene rings is 2. The SMILES string of the molecule is CC(C)(C(=O)O)c1cccc(C(=O)OCc2ccccc2)c1C(=O)O. The minimum atomic E-state index is -1.47. The Labute approximate surface area is 144 Å². The highest BCUT2D eigenvalue weighted by Crippen LogP contribution is 2.29. The van der Waals surface area contributed by atoms with E-state index in [1.165, 1.54) is 32.0 Å². The largest absolute Gasteiger partial charge is 0.481 e. The molecule has 0 aliphatic carbocycles. The fraction of sp³-hybridized carbons (Fsp3) is 0.211. The van der Waals surface area contributed by atoms with Crippen LogP contribution >= 0.6 is 0 Å². The van der Waals surface area contributed by atoms with E-state index < -0.39 is 23.3 Å². The van der Waals surface area contributed by atoms with E-state index in [0.29, 0.717) is 0 Å². The molecule has 0 spiro atoms. The number of carbonyl (C=O) groups excluding carboxylic acids is 1. The van der Waals surface area contributed by atoms with E-state index in [4.69, 9.17) is 4.74 Å². The first-order valence-electron chi connectivity index (χ1n) is 7.56. The van der Waals surface area contributed by atoms with Gasteiger partial charge in [0.25, 0.3) is 0 Å². The van der Waals surface area contributed by atoms with Crippen LogP contribution in [0.15, 0.2) is 48.5 Å². The van der Waals surface area contributed by atoms with Crippen molar-refractivity contribution in [2.24, 2.45) is 0 Å². The minimum Gasteiger partial charge on any atom is -0.481 e. The summed E-state index contributed by atoms with van der Waals surface area (Å²) in [6, 6.07) is 13.1. The number of aromatic carboxylic acids is 1. The molecular weight excluding hydrogens is 324 g/mol. The molecule has 0 heterocycles. The van der Waals surface area contributed by atoms with Crippen molar-refractivity contribution in [2.75, 3.05) is 0 Å². The van der Waals surface area contributed by atoms with Crippen LogP contribution in [0.5, 0.6) is 0 Å². The third-order valence-electron chi connectivity index (χ3n) is 3.92. The fourth-order valence-electron chi connectivity index (χ4n) is 2.39. The summed E-state index contributed by atoms with van der Waals surface area (Å²) in [4.78, 5) is 35.5. The van der Waals surface area contributed by atoms with Gasteiger partial charge in [-0.2, -0.15) is 0 Å². The first kappa shape index (κ1) is 18.2. The van der Waals surface area contributed by atoms with Gasteiger partial charge in [0.05, 0.1) is 16.5 Å². The van der Waals surface area contributed by atoms with Crippen LogP contribution in [0.2, 0.25) is 0 Å². The molecule has 0 unspecified atom stereocenters. The second-order valence-corrected chi connectivity index (χ2v) is 6.03. The van der Waals surface area contributed by atoms with Crippen LogP contribution in [0, 0.1) is 0 Å². The quantitative estimate of drug-likeness (QED) is 0.782. The molecule has 25 heavy (non-hydrogen) atoms. The van der Waals surface area contributed by atoms with Gasteiger partial charge in [-0.05, 0) is 31.0 Å². The van der Waals surface area contributed by atoms with E-state index in [1.54, 1.807) is 24.3 Å². The van der Waals surface area contributed by atoms with E-state index in [9.17, 15) is 24.6 Å². The number of carbonyl (C=O) groups is 3. The molecule has 0 radical (unpaired) electrons. The number of ether oxygens (including phenoxy) is 1. The first-order chi connectivity index (χ1) is 11.7. The Morgan fingerprint density at radius 1 is 0.960 bits per heavy atom. The lowest BCUT2D eigenvalue weighted by Crippen LogP contribution is -2.31. The molecule has 0 saturated carbocycles. The summed E-state index contributed by atoms with van der Waals surface area (Å²) in [5, 5.41) is 18.9. The van der Waals surface area contributed by atoms with Crippen molar-refractivity contribution in [1.82, 2.24) is 0 Å².